The standard InChI is InChI=1S/C16H20N4/c1-2-17-16(20-14-8-9-14)19-11-13-6-3-5-12-7-4-10-18-15(12)13/h3-7,10,14H,2,8-9,11H2,1H3,(H2,17,19,20). The predicted octanol–water partition coefficient (Wildman–Crippen LogP) is 2.45. The second-order valence-electron chi connectivity index (χ2n) is 5.11. The van der Waals surface area contributed by atoms with Crippen molar-refractivity contribution in [1.82, 2.24) is 15.6 Å². The van der Waals surface area contributed by atoms with Gasteiger partial charge in [-0.2, -0.15) is 0 Å². The molecule has 0 spiro atoms. The second-order valence-corrected chi connectivity index (χ2v) is 5.11. The summed E-state index contributed by atoms with van der Waals surface area (Å²) in [6, 6.07) is 10.9. The van der Waals surface area contributed by atoms with Crippen LogP contribution >= 0.6 is 0 Å². The summed E-state index contributed by atoms with van der Waals surface area (Å²) in [4.78, 5) is 9.14. The quantitative estimate of drug-likeness (QED) is 0.661. The number of nitrogens with one attached hydrogen (secondary N) is 2. The third-order valence-electron chi connectivity index (χ3n) is 3.39. The van der Waals surface area contributed by atoms with Crippen molar-refractivity contribution in [1.29, 1.82) is 0 Å². The Balaban J connectivity index is 1.80. The first-order valence-corrected chi connectivity index (χ1v) is 7.24. The Morgan fingerprint density at radius 1 is 1.30 bits per heavy atom. The van der Waals surface area contributed by atoms with Crippen LogP contribution in [0.25, 0.3) is 10.9 Å². The number of hydrogen-bond acceptors (Lipinski definition) is 2. The Kier molecular flexibility index (Phi) is 3.81. The van der Waals surface area contributed by atoms with Crippen LogP contribution < -0.4 is 10.6 Å². The van der Waals surface area contributed by atoms with Crippen LogP contribution in [0.5, 0.6) is 0 Å². The average Bonchev–Trinajstić information content (AvgIpc) is 3.29. The van der Waals surface area contributed by atoms with Crippen molar-refractivity contribution >= 4 is 16.9 Å². The van der Waals surface area contributed by atoms with Gasteiger partial charge in [-0.05, 0) is 31.4 Å². The van der Waals surface area contributed by atoms with E-state index in [1.54, 1.807) is 0 Å². The minimum atomic E-state index is 0.610. The first-order chi connectivity index (χ1) is 9.86. The van der Waals surface area contributed by atoms with Crippen LogP contribution in [0.3, 0.4) is 0 Å². The van der Waals surface area contributed by atoms with Gasteiger partial charge >= 0.3 is 0 Å². The summed E-state index contributed by atoms with van der Waals surface area (Å²) in [5.74, 6) is 0.905. The van der Waals surface area contributed by atoms with E-state index in [0.29, 0.717) is 12.6 Å². The lowest BCUT2D eigenvalue weighted by Gasteiger charge is -2.10. The predicted molar refractivity (Wildman–Crippen MR) is 82.7 cm³/mol. The fourth-order valence-electron chi connectivity index (χ4n) is 2.20. The molecule has 0 atom stereocenters. The zero-order chi connectivity index (χ0) is 13.8. The van der Waals surface area contributed by atoms with Gasteiger partial charge in [0.25, 0.3) is 0 Å². The third kappa shape index (κ3) is 3.07. The van der Waals surface area contributed by atoms with Crippen molar-refractivity contribution < 1.29 is 0 Å². The van der Waals surface area contributed by atoms with Gasteiger partial charge in [-0.1, -0.05) is 24.3 Å². The maximum Gasteiger partial charge on any atom is 0.191 e. The fourth-order valence-corrected chi connectivity index (χ4v) is 2.20. The summed E-state index contributed by atoms with van der Waals surface area (Å²) in [5.41, 5.74) is 2.21. The van der Waals surface area contributed by atoms with Crippen molar-refractivity contribution in [3.05, 3.63) is 42.1 Å². The van der Waals surface area contributed by atoms with E-state index in [2.05, 4.69) is 51.8 Å². The molecule has 4 nitrogen and oxygen atoms in total. The van der Waals surface area contributed by atoms with Crippen LogP contribution in [0.2, 0.25) is 0 Å². The third-order valence-corrected chi connectivity index (χ3v) is 3.39. The monoisotopic (exact) mass is 268 g/mol. The molecule has 4 heteroatoms. The van der Waals surface area contributed by atoms with Crippen molar-refractivity contribution in [2.45, 2.75) is 32.4 Å². The lowest BCUT2D eigenvalue weighted by Crippen LogP contribution is -2.38. The van der Waals surface area contributed by atoms with Gasteiger partial charge in [0.05, 0.1) is 12.1 Å². The maximum absolute atomic E-state index is 4.67. The number of guanidine groups is 1. The van der Waals surface area contributed by atoms with E-state index in [1.165, 1.54) is 18.2 Å². The van der Waals surface area contributed by atoms with Gasteiger partial charge in [-0.15, -0.1) is 0 Å². The number of fused-ring (bicyclic) bond motifs is 1. The van der Waals surface area contributed by atoms with Gasteiger partial charge in [0.15, 0.2) is 5.96 Å². The Morgan fingerprint density at radius 2 is 2.15 bits per heavy atom. The SMILES string of the molecule is CCNC(=NCc1cccc2cccnc12)NC1CC1. The largest absolute Gasteiger partial charge is 0.357 e. The normalized spacial score (nSPS) is 15.3. The van der Waals surface area contributed by atoms with Crippen LogP contribution in [-0.4, -0.2) is 23.5 Å². The summed E-state index contributed by atoms with van der Waals surface area (Å²) < 4.78 is 0. The number of pyridine rings is 1. The molecule has 2 N–H and O–H groups in total. The molecular weight excluding hydrogens is 248 g/mol. The van der Waals surface area contributed by atoms with E-state index in [-0.39, 0.29) is 0 Å². The van der Waals surface area contributed by atoms with Crippen molar-refractivity contribution in [3.8, 4) is 0 Å². The van der Waals surface area contributed by atoms with Crippen molar-refractivity contribution in [2.24, 2.45) is 4.99 Å². The molecule has 2 aromatic rings. The minimum absolute atomic E-state index is 0.610. The van der Waals surface area contributed by atoms with Crippen molar-refractivity contribution in [2.75, 3.05) is 6.54 Å². The molecule has 3 rings (SSSR count). The summed E-state index contributed by atoms with van der Waals surface area (Å²) >= 11 is 0. The second kappa shape index (κ2) is 5.90. The zero-order valence-electron chi connectivity index (χ0n) is 11.8. The van der Waals surface area contributed by atoms with Gasteiger partial charge in [0.1, 0.15) is 0 Å². The summed E-state index contributed by atoms with van der Waals surface area (Å²) in [5, 5.41) is 7.89. The molecule has 1 aromatic heterocycles. The summed E-state index contributed by atoms with van der Waals surface area (Å²) in [6.45, 7) is 3.62. The number of benzene rings is 1. The molecule has 20 heavy (non-hydrogen) atoms. The highest BCUT2D eigenvalue weighted by Gasteiger charge is 2.22. The van der Waals surface area contributed by atoms with E-state index in [1.807, 2.05) is 12.3 Å². The Morgan fingerprint density at radius 3 is 2.95 bits per heavy atom. The minimum Gasteiger partial charge on any atom is -0.357 e. The first-order valence-electron chi connectivity index (χ1n) is 7.24. The number of hydrogen-bond donors (Lipinski definition) is 2. The number of aromatic nitrogens is 1. The molecule has 0 bridgehead atoms. The summed E-state index contributed by atoms with van der Waals surface area (Å²) in [6.07, 6.45) is 4.34. The molecule has 1 saturated carbocycles. The van der Waals surface area contributed by atoms with Crippen LogP contribution in [0.15, 0.2) is 41.5 Å². The number of rotatable bonds is 4. The molecule has 1 fully saturated rings. The van der Waals surface area contributed by atoms with Crippen LogP contribution in [0.1, 0.15) is 25.3 Å². The van der Waals surface area contributed by atoms with E-state index < -0.39 is 0 Å². The highest BCUT2D eigenvalue weighted by molar-refractivity contribution is 5.83. The number of nitrogens with zero attached hydrogens (tertiary/aromatic N) is 2. The van der Waals surface area contributed by atoms with Crippen LogP contribution in [0, 0.1) is 0 Å². The van der Waals surface area contributed by atoms with Gasteiger partial charge in [-0.3, -0.25) is 4.98 Å². The molecular formula is C16H20N4. The Bertz CT molecular complexity index is 611. The molecule has 1 aliphatic carbocycles. The van der Waals surface area contributed by atoms with Crippen LogP contribution in [-0.2, 0) is 6.54 Å². The molecule has 104 valence electrons. The highest BCUT2D eigenvalue weighted by atomic mass is 15.2. The van der Waals surface area contributed by atoms with E-state index in [0.717, 1.165) is 23.6 Å². The maximum atomic E-state index is 4.67. The molecule has 0 aliphatic heterocycles. The highest BCUT2D eigenvalue weighted by Crippen LogP contribution is 2.19. The van der Waals surface area contributed by atoms with E-state index in [9.17, 15) is 0 Å². The van der Waals surface area contributed by atoms with Gasteiger partial charge < -0.3 is 10.6 Å². The fraction of sp³-hybridized carbons (Fsp3) is 0.375. The summed E-state index contributed by atoms with van der Waals surface area (Å²) in [7, 11) is 0. The van der Waals surface area contributed by atoms with Gasteiger partial charge in [0.2, 0.25) is 0 Å². The lowest BCUT2D eigenvalue weighted by atomic mass is 10.1. The molecule has 1 aliphatic rings. The molecule has 0 saturated heterocycles. The van der Waals surface area contributed by atoms with Crippen LogP contribution in [0.4, 0.5) is 0 Å². The molecule has 0 unspecified atom stereocenters. The van der Waals surface area contributed by atoms with E-state index in [4.69, 9.17) is 0 Å². The number of para-hydroxylation sites is 1. The Labute approximate surface area is 119 Å². The molecule has 1 aromatic carbocycles. The smallest absolute Gasteiger partial charge is 0.191 e. The zero-order valence-corrected chi connectivity index (χ0v) is 11.8. The molecule has 0 radical (unpaired) electrons. The van der Waals surface area contributed by atoms with Gasteiger partial charge in [0, 0.05) is 24.2 Å². The first kappa shape index (κ1) is 12.9. The molecule has 1 heterocycles. The van der Waals surface area contributed by atoms with Gasteiger partial charge in [-0.25, -0.2) is 4.99 Å². The average molecular weight is 268 g/mol. The topological polar surface area (TPSA) is 49.3 Å². The van der Waals surface area contributed by atoms with Crippen molar-refractivity contribution in [3.63, 3.8) is 0 Å². The Hall–Kier alpha value is -2.10. The lowest BCUT2D eigenvalue weighted by molar-refractivity contribution is 0.812. The molecule has 0 amide bonds. The van der Waals surface area contributed by atoms with E-state index >= 15 is 0 Å². The number of aliphatic imine (C=N–C) groups is 1.